The van der Waals surface area contributed by atoms with Gasteiger partial charge in [0.15, 0.2) is 50.3 Å². The van der Waals surface area contributed by atoms with Crippen molar-refractivity contribution in [1.29, 1.82) is 0 Å². The number of allylic oxidation sites excluding steroid dienone is 1. The lowest BCUT2D eigenvalue weighted by Crippen LogP contribution is -2.72. The largest absolute Gasteiger partial charge is 0.394 e. The summed E-state index contributed by atoms with van der Waals surface area (Å²) in [5.74, 6) is -2.33. The number of ether oxygens (including phenoxy) is 16. The number of nitrogens with one attached hydrogen (secondary N) is 3. The average molecular weight is 2000 g/mol. The van der Waals surface area contributed by atoms with E-state index in [9.17, 15) is 127 Å². The zero-order chi connectivity index (χ0) is 101. The Kier molecular flexibility index (Phi) is 54.5. The first kappa shape index (κ1) is 120. The minimum atomic E-state index is -2.50. The molecule has 0 aromatic rings. The van der Waals surface area contributed by atoms with Gasteiger partial charge in [-0.05, 0) is 33.1 Å². The highest BCUT2D eigenvalue weighted by atomic mass is 16.8. The van der Waals surface area contributed by atoms with Gasteiger partial charge in [0.2, 0.25) is 17.7 Å². The van der Waals surface area contributed by atoms with Crippen LogP contribution in [0.2, 0.25) is 0 Å². The predicted molar refractivity (Wildman–Crippen MR) is 484 cm³/mol. The fourth-order valence-corrected chi connectivity index (χ4v) is 19.0. The van der Waals surface area contributed by atoms with Crippen LogP contribution in [0.5, 0.6) is 0 Å². The van der Waals surface area contributed by atoms with Crippen molar-refractivity contribution in [2.24, 2.45) is 0 Å². The topological polar surface area (TPSA) is 680 Å². The second-order valence-corrected chi connectivity index (χ2v) is 38.4. The van der Waals surface area contributed by atoms with Crippen LogP contribution in [0.1, 0.15) is 260 Å². The summed E-state index contributed by atoms with van der Waals surface area (Å²) in [7, 11) is 0. The summed E-state index contributed by atoms with van der Waals surface area (Å²) in [5, 5.41) is 258. The number of carbonyl (C=O) groups is 3. The number of aliphatic hydroxyl groups is 22. The molecular weight excluding hydrogens is 1830 g/mol. The molecule has 0 radical (unpaired) electrons. The Bertz CT molecular complexity index is 3340. The third kappa shape index (κ3) is 35.2. The predicted octanol–water partition coefficient (Wildman–Crippen LogP) is -2.38. The summed E-state index contributed by atoms with van der Waals surface area (Å²) in [4.78, 5) is 41.0. The first-order valence-corrected chi connectivity index (χ1v) is 50.7. The van der Waals surface area contributed by atoms with Crippen LogP contribution in [0.25, 0.3) is 0 Å². The standard InChI is InChI=1S/C94H169N3O41/c1-7-9-11-13-15-17-19-21-22-23-24-25-26-27-28-30-32-34-36-38-40-42-62(107)97-54(55(106)41-39-37-35-33-31-29-20-18-16-14-12-10-8-2)49-123-89-77(120)73(116)80(59(46-101)131-89)132-93-78(121)85(68(111)57(44-99)127-93)137-88-64(96-53(6)105)84(82(61(48-103)130-88)134-91-75(118)71(114)66(109)51(4)125-91)136-94-79(122)86(69(112)58(45-100)128-94)138-87-63(95-52(5)104)83(135-92-76(119)72(115)67(110)56(43-98)126-92)81(60(47-102)129-87)133-90-74(117)70(113)65(108)50(3)124-90/h39,41,50-51,54-61,63-94,98-103,106,108-122H,7-38,40,42-49H2,1-6H3,(H,95,104)(H,96,105)(H,97,107)/b41-39+/t50?,51?,54-,55+,56?,57?,58?,59?,60?,61?,63?,64?,65+,66+,67-,68-,69-,70?,71?,72-,73+,74-,75-,76?,77?,78?,79?,80+,81+,82+,83+,84+,85-,86-,87-,88-,89+,90+,91+,92-,93-,94-/m0/s1. The van der Waals surface area contributed by atoms with Gasteiger partial charge in [0.05, 0.1) is 70.6 Å². The first-order valence-electron chi connectivity index (χ1n) is 50.7. The number of amides is 3. The lowest BCUT2D eigenvalue weighted by atomic mass is 9.93. The van der Waals surface area contributed by atoms with E-state index < -0.39 is 316 Å². The van der Waals surface area contributed by atoms with Crippen LogP contribution in [0, 0.1) is 0 Å². The second kappa shape index (κ2) is 62.7. The Labute approximate surface area is 808 Å². The highest BCUT2D eigenvalue weighted by Crippen LogP contribution is 2.41. The Morgan fingerprint density at radius 2 is 0.580 bits per heavy atom. The second-order valence-electron chi connectivity index (χ2n) is 38.4. The van der Waals surface area contributed by atoms with Gasteiger partial charge in [0.25, 0.3) is 0 Å². The fraction of sp³-hybridized carbons (Fsp3) is 0.947. The molecule has 8 heterocycles. The third-order valence-electron chi connectivity index (χ3n) is 27.4. The molecule has 0 spiro atoms. The van der Waals surface area contributed by atoms with E-state index in [4.69, 9.17) is 75.8 Å². The molecule has 0 bridgehead atoms. The third-order valence-corrected chi connectivity index (χ3v) is 27.4. The number of carbonyl (C=O) groups excluding carboxylic acids is 3. The van der Waals surface area contributed by atoms with E-state index in [0.717, 1.165) is 71.6 Å². The molecule has 42 atom stereocenters. The van der Waals surface area contributed by atoms with Gasteiger partial charge in [-0.25, -0.2) is 0 Å². The molecule has 8 fully saturated rings. The number of rotatable bonds is 62. The SMILES string of the molecule is CCCCCCCCCCCCC/C=C/[C@@H](O)[C@H](CO[C@@H]1OC(CO)[C@@H](O[C@@H]2OC(CO)[C@H](O)[C@H](O[C@@H]3OC(CO)[C@@H](O[C@H]4OC(C)[C@@H](O)C(O)[C@@H]4O)[C@H](O[C@@H]4OC(CO)[C@H](O)[C@H](O[C@@H]5OC(CO)[C@@H](O[C@H]6OC(C)[C@@H](O)C(O)[C@@H]6O)[C@H](O[C@@H]6OC(CO)[C@H](O)[C@H](O)C6O)C5NC(C)=O)C4O)C3NC(C)=O)C2O)[C@H](O)C1O)NC(=O)CCCCCCCCCCCCCCCCCCCCCCC. The van der Waals surface area contributed by atoms with E-state index in [1.807, 2.05) is 6.08 Å². The summed E-state index contributed by atoms with van der Waals surface area (Å²) >= 11 is 0. The molecular formula is C94H169N3O41. The lowest BCUT2D eigenvalue weighted by molar-refractivity contribution is -0.399. The van der Waals surface area contributed by atoms with Crippen molar-refractivity contribution in [3.63, 3.8) is 0 Å². The van der Waals surface area contributed by atoms with Crippen LogP contribution in [0.3, 0.4) is 0 Å². The Hall–Kier alpha value is -3.37. The van der Waals surface area contributed by atoms with Gasteiger partial charge >= 0.3 is 0 Å². The van der Waals surface area contributed by atoms with Gasteiger partial charge in [-0.2, -0.15) is 0 Å². The molecule has 8 rings (SSSR count). The number of unbranched alkanes of at least 4 members (excludes halogenated alkanes) is 31. The molecule has 0 saturated carbocycles. The Morgan fingerprint density at radius 3 is 0.942 bits per heavy atom. The van der Waals surface area contributed by atoms with Crippen LogP contribution in [-0.2, 0) is 90.2 Å². The van der Waals surface area contributed by atoms with Crippen LogP contribution < -0.4 is 16.0 Å². The minimum absolute atomic E-state index is 0.138. The summed E-state index contributed by atoms with van der Waals surface area (Å²) < 4.78 is 97.9. The molecule has 138 heavy (non-hydrogen) atoms. The molecule has 44 heteroatoms. The van der Waals surface area contributed by atoms with Crippen molar-refractivity contribution in [2.45, 2.75) is 518 Å². The number of hydrogen-bond donors (Lipinski definition) is 25. The maximum atomic E-state index is 13.8. The van der Waals surface area contributed by atoms with Crippen LogP contribution in [0.15, 0.2) is 12.2 Å². The molecule has 25 N–H and O–H groups in total. The number of hydrogen-bond acceptors (Lipinski definition) is 41. The molecule has 16 unspecified atom stereocenters. The van der Waals surface area contributed by atoms with E-state index in [-0.39, 0.29) is 12.3 Å². The summed E-state index contributed by atoms with van der Waals surface area (Å²) in [6, 6.07) is -5.16. The van der Waals surface area contributed by atoms with Gasteiger partial charge < -0.3 is 204 Å². The highest BCUT2D eigenvalue weighted by Gasteiger charge is 2.62. The van der Waals surface area contributed by atoms with E-state index >= 15 is 0 Å². The van der Waals surface area contributed by atoms with Gasteiger partial charge in [-0.3, -0.25) is 14.4 Å². The van der Waals surface area contributed by atoms with E-state index in [1.54, 1.807) is 6.08 Å². The molecule has 0 aliphatic carbocycles. The maximum Gasteiger partial charge on any atom is 0.220 e. The fourth-order valence-electron chi connectivity index (χ4n) is 19.0. The van der Waals surface area contributed by atoms with Crippen LogP contribution in [0.4, 0.5) is 0 Å². The van der Waals surface area contributed by atoms with Gasteiger partial charge in [-0.1, -0.05) is 219 Å². The first-order chi connectivity index (χ1) is 66.2. The zero-order valence-electron chi connectivity index (χ0n) is 81.0. The minimum Gasteiger partial charge on any atom is -0.394 e. The smallest absolute Gasteiger partial charge is 0.220 e. The molecule has 3 amide bonds. The van der Waals surface area contributed by atoms with Crippen molar-refractivity contribution >= 4 is 17.7 Å². The molecule has 44 nitrogen and oxygen atoms in total. The summed E-state index contributed by atoms with van der Waals surface area (Å²) in [6.45, 7) is 1.76. The van der Waals surface area contributed by atoms with Gasteiger partial charge in [-0.15, -0.1) is 0 Å². The van der Waals surface area contributed by atoms with E-state index in [2.05, 4.69) is 29.8 Å². The van der Waals surface area contributed by atoms with Crippen molar-refractivity contribution in [1.82, 2.24) is 16.0 Å². The molecule has 806 valence electrons. The number of aliphatic hydroxyl groups excluding tert-OH is 22. The van der Waals surface area contributed by atoms with Crippen LogP contribution >= 0.6 is 0 Å². The molecule has 8 aliphatic rings. The quantitative estimate of drug-likeness (QED) is 0.0223. The van der Waals surface area contributed by atoms with Crippen molar-refractivity contribution < 1.29 is 203 Å². The highest BCUT2D eigenvalue weighted by molar-refractivity contribution is 5.76. The van der Waals surface area contributed by atoms with E-state index in [1.165, 1.54) is 155 Å². The normalized spacial score (nSPS) is 39.2. The van der Waals surface area contributed by atoms with Crippen molar-refractivity contribution in [2.75, 3.05) is 46.2 Å². The average Bonchev–Trinajstić information content (AvgIpc) is 0.760. The summed E-state index contributed by atoms with van der Waals surface area (Å²) in [6.07, 6.45) is -35.9. The molecule has 0 aromatic heterocycles. The lowest BCUT2D eigenvalue weighted by Gasteiger charge is -2.52. The molecule has 8 aliphatic heterocycles. The molecule has 8 saturated heterocycles. The summed E-state index contributed by atoms with van der Waals surface area (Å²) in [5.41, 5.74) is 0. The Morgan fingerprint density at radius 1 is 0.297 bits per heavy atom. The van der Waals surface area contributed by atoms with Gasteiger partial charge in [0, 0.05) is 20.3 Å². The van der Waals surface area contributed by atoms with E-state index in [0.29, 0.717) is 12.8 Å². The van der Waals surface area contributed by atoms with Crippen LogP contribution in [-0.4, -0.2) is 434 Å². The molecule has 0 aromatic carbocycles. The van der Waals surface area contributed by atoms with Crippen molar-refractivity contribution in [3.8, 4) is 0 Å². The Balaban J connectivity index is 0.985. The zero-order valence-corrected chi connectivity index (χ0v) is 81.0. The van der Waals surface area contributed by atoms with Crippen molar-refractivity contribution in [3.05, 3.63) is 12.2 Å². The van der Waals surface area contributed by atoms with Gasteiger partial charge in [0.1, 0.15) is 183 Å². The maximum absolute atomic E-state index is 13.8. The monoisotopic (exact) mass is 2000 g/mol.